The lowest BCUT2D eigenvalue weighted by atomic mass is 9.73. The van der Waals surface area contributed by atoms with Crippen LogP contribution in [0.2, 0.25) is 0 Å². The molecule has 0 aromatic heterocycles. The number of methoxy groups -OCH3 is 1. The molecule has 5 nitrogen and oxygen atoms in total. The van der Waals surface area contributed by atoms with Gasteiger partial charge in [-0.05, 0) is 24.5 Å². The summed E-state index contributed by atoms with van der Waals surface area (Å²) in [5, 5.41) is 2.98. The number of rotatable bonds is 5. The average Bonchev–Trinajstić information content (AvgIpc) is 3.05. The Bertz CT molecular complexity index is 597. The lowest BCUT2D eigenvalue weighted by Crippen LogP contribution is -2.49. The number of halogens is 3. The van der Waals surface area contributed by atoms with Gasteiger partial charge >= 0.3 is 0 Å². The average molecular weight is 332 g/mol. The number of ether oxygens (including phenoxy) is 1. The Morgan fingerprint density at radius 2 is 2.09 bits per heavy atom. The number of primary amides is 1. The number of carbonyl (C=O) groups excluding carboxylic acids is 2. The number of alkyl halides is 1. The fourth-order valence-electron chi connectivity index (χ4n) is 3.22. The Kier molecular flexibility index (Phi) is 4.95. The topological polar surface area (TPSA) is 81.4 Å². The van der Waals surface area contributed by atoms with Gasteiger partial charge in [-0.1, -0.05) is 6.92 Å². The van der Waals surface area contributed by atoms with Crippen LogP contribution < -0.4 is 11.1 Å². The summed E-state index contributed by atoms with van der Waals surface area (Å²) in [5.74, 6) is -11.2. The standard InChI is InChI=1S/C15H19F3N2O3/c1-3-8(21)10-9(7-4-5-20-6-7)11(14(19)22)15(18,23-2)13(17)12(10)16/h7,11,20H,3-6H2,1-2H3,(H2,19,22). The molecular formula is C15H19F3N2O3. The number of Topliss-reactive ketones (excluding diaryl/α,β-unsaturated/α-hetero) is 1. The lowest BCUT2D eigenvalue weighted by molar-refractivity contribution is -0.158. The van der Waals surface area contributed by atoms with Gasteiger partial charge in [0.25, 0.3) is 5.85 Å². The Balaban J connectivity index is 2.76. The van der Waals surface area contributed by atoms with Crippen molar-refractivity contribution in [2.45, 2.75) is 25.6 Å². The zero-order valence-electron chi connectivity index (χ0n) is 12.9. The van der Waals surface area contributed by atoms with E-state index in [2.05, 4.69) is 10.1 Å². The van der Waals surface area contributed by atoms with Crippen molar-refractivity contribution in [3.8, 4) is 0 Å². The van der Waals surface area contributed by atoms with E-state index in [1.165, 1.54) is 6.92 Å². The van der Waals surface area contributed by atoms with Gasteiger partial charge in [0, 0.05) is 20.1 Å². The number of nitrogens with one attached hydrogen (secondary N) is 1. The SMILES string of the molecule is CCC(=O)C1=C(C2CCNC2)C(C(N)=O)C(F)(OC)C(F)=C1F. The molecule has 1 aliphatic heterocycles. The molecule has 3 unspecified atom stereocenters. The molecule has 3 atom stereocenters. The molecule has 2 aliphatic rings. The van der Waals surface area contributed by atoms with Gasteiger partial charge in [-0.25, -0.2) is 13.2 Å². The largest absolute Gasteiger partial charge is 0.369 e. The number of hydrogen-bond donors (Lipinski definition) is 2. The van der Waals surface area contributed by atoms with E-state index in [1.807, 2.05) is 0 Å². The fraction of sp³-hybridized carbons (Fsp3) is 0.600. The third-order valence-corrected chi connectivity index (χ3v) is 4.36. The predicted molar refractivity (Wildman–Crippen MR) is 76.1 cm³/mol. The zero-order valence-corrected chi connectivity index (χ0v) is 12.9. The molecule has 0 bridgehead atoms. The third kappa shape index (κ3) is 2.70. The highest BCUT2D eigenvalue weighted by Crippen LogP contribution is 2.49. The van der Waals surface area contributed by atoms with Gasteiger partial charge < -0.3 is 15.8 Å². The second-order valence-corrected chi connectivity index (χ2v) is 5.61. The molecule has 3 N–H and O–H groups in total. The number of carbonyl (C=O) groups is 2. The van der Waals surface area contributed by atoms with Crippen LogP contribution in [0.3, 0.4) is 0 Å². The maximum atomic E-state index is 14.9. The van der Waals surface area contributed by atoms with Crippen LogP contribution in [0.4, 0.5) is 13.2 Å². The molecule has 1 heterocycles. The number of hydrogen-bond acceptors (Lipinski definition) is 4. The first kappa shape index (κ1) is 17.7. The summed E-state index contributed by atoms with van der Waals surface area (Å²) < 4.78 is 48.1. The van der Waals surface area contributed by atoms with Crippen molar-refractivity contribution >= 4 is 11.7 Å². The Morgan fingerprint density at radius 3 is 2.52 bits per heavy atom. The van der Waals surface area contributed by atoms with Crippen LogP contribution in [0.15, 0.2) is 22.8 Å². The molecule has 1 aliphatic carbocycles. The van der Waals surface area contributed by atoms with Crippen LogP contribution in [-0.2, 0) is 14.3 Å². The maximum Gasteiger partial charge on any atom is 0.280 e. The van der Waals surface area contributed by atoms with Gasteiger partial charge in [0.05, 0.1) is 5.57 Å². The third-order valence-electron chi connectivity index (χ3n) is 4.36. The van der Waals surface area contributed by atoms with Crippen molar-refractivity contribution in [1.29, 1.82) is 0 Å². The van der Waals surface area contributed by atoms with Gasteiger partial charge in [0.15, 0.2) is 11.6 Å². The van der Waals surface area contributed by atoms with Crippen molar-refractivity contribution in [3.63, 3.8) is 0 Å². The van der Waals surface area contributed by atoms with Crippen molar-refractivity contribution < 1.29 is 27.5 Å². The fourth-order valence-corrected chi connectivity index (χ4v) is 3.22. The summed E-state index contributed by atoms with van der Waals surface area (Å²) in [6.45, 7) is 2.33. The van der Waals surface area contributed by atoms with Crippen molar-refractivity contribution in [2.24, 2.45) is 17.6 Å². The molecule has 0 aromatic carbocycles. The van der Waals surface area contributed by atoms with E-state index in [9.17, 15) is 22.8 Å². The van der Waals surface area contributed by atoms with E-state index >= 15 is 0 Å². The number of nitrogens with two attached hydrogens (primary N) is 1. The van der Waals surface area contributed by atoms with E-state index in [-0.39, 0.29) is 12.0 Å². The Labute approximate surface area is 131 Å². The molecule has 0 saturated carbocycles. The highest BCUT2D eigenvalue weighted by atomic mass is 19.2. The lowest BCUT2D eigenvalue weighted by Gasteiger charge is -2.37. The van der Waals surface area contributed by atoms with E-state index in [0.29, 0.717) is 19.5 Å². The molecule has 8 heteroatoms. The molecule has 0 radical (unpaired) electrons. The summed E-state index contributed by atoms with van der Waals surface area (Å²) >= 11 is 0. The summed E-state index contributed by atoms with van der Waals surface area (Å²) in [7, 11) is 0.819. The number of amides is 1. The summed E-state index contributed by atoms with van der Waals surface area (Å²) in [6.07, 6.45) is 0.339. The number of ketones is 1. The minimum Gasteiger partial charge on any atom is -0.369 e. The molecular weight excluding hydrogens is 313 g/mol. The molecule has 1 amide bonds. The van der Waals surface area contributed by atoms with E-state index in [0.717, 1.165) is 7.11 Å². The minimum atomic E-state index is -3.34. The van der Waals surface area contributed by atoms with Gasteiger partial charge in [-0.15, -0.1) is 0 Å². The monoisotopic (exact) mass is 332 g/mol. The molecule has 128 valence electrons. The quantitative estimate of drug-likeness (QED) is 0.798. The molecule has 23 heavy (non-hydrogen) atoms. The van der Waals surface area contributed by atoms with Gasteiger partial charge in [-0.2, -0.15) is 0 Å². The summed E-state index contributed by atoms with van der Waals surface area (Å²) in [6, 6.07) is 0. The van der Waals surface area contributed by atoms with Crippen LogP contribution in [-0.4, -0.2) is 37.7 Å². The second kappa shape index (κ2) is 6.45. The first-order valence-electron chi connectivity index (χ1n) is 7.37. The molecule has 1 saturated heterocycles. The normalized spacial score (nSPS) is 31.7. The molecule has 1 fully saturated rings. The van der Waals surface area contributed by atoms with Crippen molar-refractivity contribution in [3.05, 3.63) is 22.8 Å². The smallest absolute Gasteiger partial charge is 0.280 e. The number of allylic oxidation sites excluding steroid dienone is 2. The first-order chi connectivity index (χ1) is 10.8. The van der Waals surface area contributed by atoms with Crippen LogP contribution in [0.5, 0.6) is 0 Å². The van der Waals surface area contributed by atoms with Gasteiger partial charge in [-0.3, -0.25) is 9.59 Å². The molecule has 0 aromatic rings. The van der Waals surface area contributed by atoms with Crippen LogP contribution >= 0.6 is 0 Å². The minimum absolute atomic E-state index is 0.113. The highest BCUT2D eigenvalue weighted by molar-refractivity contribution is 6.02. The molecule has 2 rings (SSSR count). The summed E-state index contributed by atoms with van der Waals surface area (Å²) in [5.41, 5.74) is 4.56. The van der Waals surface area contributed by atoms with Gasteiger partial charge in [0.1, 0.15) is 5.92 Å². The predicted octanol–water partition coefficient (Wildman–Crippen LogP) is 1.45. The van der Waals surface area contributed by atoms with Crippen LogP contribution in [0.1, 0.15) is 19.8 Å². The van der Waals surface area contributed by atoms with Crippen LogP contribution in [0, 0.1) is 11.8 Å². The van der Waals surface area contributed by atoms with E-state index in [4.69, 9.17) is 5.73 Å². The van der Waals surface area contributed by atoms with Gasteiger partial charge in [0.2, 0.25) is 11.7 Å². The van der Waals surface area contributed by atoms with Crippen LogP contribution in [0.25, 0.3) is 0 Å². The summed E-state index contributed by atoms with van der Waals surface area (Å²) in [4.78, 5) is 24.0. The van der Waals surface area contributed by atoms with E-state index < -0.39 is 46.6 Å². The second-order valence-electron chi connectivity index (χ2n) is 5.61. The molecule has 0 spiro atoms. The maximum absolute atomic E-state index is 14.9. The highest BCUT2D eigenvalue weighted by Gasteiger charge is 2.57. The Morgan fingerprint density at radius 1 is 1.43 bits per heavy atom. The van der Waals surface area contributed by atoms with Crippen molar-refractivity contribution in [1.82, 2.24) is 5.32 Å². The van der Waals surface area contributed by atoms with Crippen molar-refractivity contribution in [2.75, 3.05) is 20.2 Å². The Hall–Kier alpha value is -1.67. The first-order valence-corrected chi connectivity index (χ1v) is 7.37. The van der Waals surface area contributed by atoms with E-state index in [1.54, 1.807) is 0 Å². The zero-order chi connectivity index (χ0) is 17.4.